The molecule has 162 valence electrons. The van der Waals surface area contributed by atoms with E-state index < -0.39 is 0 Å². The molecule has 0 bridgehead atoms. The van der Waals surface area contributed by atoms with Crippen molar-refractivity contribution < 1.29 is 14.3 Å². The van der Waals surface area contributed by atoms with Gasteiger partial charge in [-0.3, -0.25) is 9.59 Å². The van der Waals surface area contributed by atoms with E-state index in [1.54, 1.807) is 24.3 Å². The zero-order valence-corrected chi connectivity index (χ0v) is 19.4. The Balaban J connectivity index is 1.87. The van der Waals surface area contributed by atoms with Crippen LogP contribution in [0.1, 0.15) is 30.5 Å². The van der Waals surface area contributed by atoms with Gasteiger partial charge in [0, 0.05) is 23.7 Å². The number of carbonyl (C=O) groups excluding carboxylic acids is 2. The second-order valence-corrected chi connectivity index (χ2v) is 9.07. The van der Waals surface area contributed by atoms with E-state index in [9.17, 15) is 9.59 Å². The summed E-state index contributed by atoms with van der Waals surface area (Å²) in [4.78, 5) is 30.5. The van der Waals surface area contributed by atoms with Crippen LogP contribution in [0.25, 0.3) is 5.57 Å². The van der Waals surface area contributed by atoms with Crippen LogP contribution < -0.4 is 4.90 Å². The van der Waals surface area contributed by atoms with Gasteiger partial charge in [-0.1, -0.05) is 35.3 Å². The molecule has 5 nitrogen and oxygen atoms in total. The smallest absolute Gasteiger partial charge is 0.282 e. The van der Waals surface area contributed by atoms with Crippen LogP contribution in [0.5, 0.6) is 0 Å². The minimum Gasteiger partial charge on any atom is -0.372 e. The Labute approximate surface area is 192 Å². The molecule has 0 N–H and O–H groups in total. The summed E-state index contributed by atoms with van der Waals surface area (Å²) in [6.07, 6.45) is -0.145. The van der Waals surface area contributed by atoms with Crippen LogP contribution >= 0.6 is 23.2 Å². The lowest BCUT2D eigenvalue weighted by Crippen LogP contribution is -2.47. The Hall–Kier alpha value is -2.34. The fraction of sp³-hybridized carbons (Fsp3) is 0.333. The van der Waals surface area contributed by atoms with Crippen molar-refractivity contribution in [1.82, 2.24) is 4.90 Å². The quantitative estimate of drug-likeness (QED) is 0.606. The number of amides is 2. The highest BCUT2D eigenvalue weighted by Gasteiger charge is 2.44. The molecular weight excluding hydrogens is 435 g/mol. The number of nitrogens with zero attached hydrogens (tertiary/aromatic N) is 2. The van der Waals surface area contributed by atoms with Gasteiger partial charge < -0.3 is 9.64 Å². The largest absolute Gasteiger partial charge is 0.372 e. The van der Waals surface area contributed by atoms with Crippen molar-refractivity contribution in [3.63, 3.8) is 0 Å². The lowest BCUT2D eigenvalue weighted by atomic mass is 10.0. The summed E-state index contributed by atoms with van der Waals surface area (Å²) in [6, 6.07) is 10.5. The minimum absolute atomic E-state index is 0.0724. The maximum Gasteiger partial charge on any atom is 0.282 e. The Morgan fingerprint density at radius 1 is 0.903 bits per heavy atom. The average Bonchev–Trinajstić information content (AvgIpc) is 2.94. The van der Waals surface area contributed by atoms with Crippen LogP contribution in [0, 0.1) is 13.8 Å². The lowest BCUT2D eigenvalue weighted by molar-refractivity contribution is -0.121. The molecule has 4 rings (SSSR count). The minimum atomic E-state index is -0.390. The number of morpholine rings is 1. The van der Waals surface area contributed by atoms with Gasteiger partial charge in [0.25, 0.3) is 11.8 Å². The topological polar surface area (TPSA) is 49.9 Å². The van der Waals surface area contributed by atoms with Gasteiger partial charge in [-0.05, 0) is 63.1 Å². The number of imide groups is 1. The van der Waals surface area contributed by atoms with Gasteiger partial charge in [-0.2, -0.15) is 0 Å². The summed E-state index contributed by atoms with van der Waals surface area (Å²) in [5.41, 5.74) is 3.79. The monoisotopic (exact) mass is 458 g/mol. The van der Waals surface area contributed by atoms with E-state index in [1.807, 2.05) is 44.7 Å². The first kappa shape index (κ1) is 21.9. The molecule has 1 fully saturated rings. The first-order valence-electron chi connectivity index (χ1n) is 10.2. The van der Waals surface area contributed by atoms with E-state index in [0.717, 1.165) is 11.1 Å². The van der Waals surface area contributed by atoms with Crippen LogP contribution in [-0.4, -0.2) is 42.0 Å². The first-order chi connectivity index (χ1) is 14.7. The summed E-state index contributed by atoms with van der Waals surface area (Å²) in [5, 5.41) is 0.796. The van der Waals surface area contributed by atoms with Crippen molar-refractivity contribution in [3.8, 4) is 0 Å². The maximum absolute atomic E-state index is 13.7. The number of ether oxygens (including phenoxy) is 1. The van der Waals surface area contributed by atoms with Crippen LogP contribution in [0.2, 0.25) is 10.0 Å². The molecule has 2 amide bonds. The molecule has 2 aromatic rings. The summed E-state index contributed by atoms with van der Waals surface area (Å²) in [6.45, 7) is 8.88. The molecule has 1 saturated heterocycles. The van der Waals surface area contributed by atoms with Crippen LogP contribution in [-0.2, 0) is 14.3 Å². The number of aryl methyl sites for hydroxylation is 2. The molecule has 7 heteroatoms. The van der Waals surface area contributed by atoms with E-state index >= 15 is 0 Å². The first-order valence-corrected chi connectivity index (χ1v) is 11.0. The van der Waals surface area contributed by atoms with Crippen molar-refractivity contribution >= 4 is 46.3 Å². The van der Waals surface area contributed by atoms with Gasteiger partial charge in [-0.25, -0.2) is 4.90 Å². The molecule has 0 spiro atoms. The lowest BCUT2D eigenvalue weighted by Gasteiger charge is -2.37. The maximum atomic E-state index is 13.7. The number of halogens is 2. The number of benzene rings is 2. The Kier molecular flexibility index (Phi) is 5.86. The van der Waals surface area contributed by atoms with Gasteiger partial charge >= 0.3 is 0 Å². The van der Waals surface area contributed by atoms with Crippen molar-refractivity contribution in [3.05, 3.63) is 68.8 Å². The van der Waals surface area contributed by atoms with E-state index in [4.69, 9.17) is 27.9 Å². The van der Waals surface area contributed by atoms with Gasteiger partial charge in [0.2, 0.25) is 0 Å². The van der Waals surface area contributed by atoms with Crippen molar-refractivity contribution in [2.24, 2.45) is 0 Å². The summed E-state index contributed by atoms with van der Waals surface area (Å²) >= 11 is 12.6. The number of carbonyl (C=O) groups is 2. The molecular formula is C24H24Cl2N2O3. The predicted octanol–water partition coefficient (Wildman–Crippen LogP) is 5.00. The highest BCUT2D eigenvalue weighted by Crippen LogP contribution is 2.39. The summed E-state index contributed by atoms with van der Waals surface area (Å²) < 4.78 is 5.84. The molecule has 0 aliphatic carbocycles. The van der Waals surface area contributed by atoms with Crippen molar-refractivity contribution in [1.29, 1.82) is 0 Å². The highest BCUT2D eigenvalue weighted by atomic mass is 35.5. The van der Waals surface area contributed by atoms with Gasteiger partial charge in [0.05, 0.1) is 28.5 Å². The van der Waals surface area contributed by atoms with Gasteiger partial charge in [-0.15, -0.1) is 0 Å². The SMILES string of the molecule is Cc1ccc(N2C(=O)C(c3ccc(Cl)cc3Cl)=C(N3CC(C)OC(C)C3)C2=O)cc1C. The number of hydrogen-bond acceptors (Lipinski definition) is 4. The molecule has 2 heterocycles. The van der Waals surface area contributed by atoms with Crippen molar-refractivity contribution in [2.75, 3.05) is 18.0 Å². The Bertz CT molecular complexity index is 1100. The standard InChI is InChI=1S/C24H24Cl2N2O3/c1-13-5-7-18(9-14(13)2)28-23(29)21(19-8-6-17(25)10-20(19)26)22(24(28)30)27-11-15(3)31-16(4)12-27/h5-10,15-16H,11-12H2,1-4H3. The molecule has 0 radical (unpaired) electrons. The Morgan fingerprint density at radius 3 is 2.19 bits per heavy atom. The van der Waals surface area contributed by atoms with Crippen LogP contribution in [0.3, 0.4) is 0 Å². The third-order valence-electron chi connectivity index (χ3n) is 5.74. The highest BCUT2D eigenvalue weighted by molar-refractivity contribution is 6.47. The fourth-order valence-electron chi connectivity index (χ4n) is 4.21. The number of hydrogen-bond donors (Lipinski definition) is 0. The second-order valence-electron chi connectivity index (χ2n) is 8.22. The fourth-order valence-corrected chi connectivity index (χ4v) is 4.71. The van der Waals surface area contributed by atoms with Crippen LogP contribution in [0.15, 0.2) is 42.1 Å². The number of anilines is 1. The van der Waals surface area contributed by atoms with E-state index in [2.05, 4.69) is 0 Å². The average molecular weight is 459 g/mol. The van der Waals surface area contributed by atoms with Crippen molar-refractivity contribution in [2.45, 2.75) is 39.9 Å². The summed E-state index contributed by atoms with van der Waals surface area (Å²) in [5.74, 6) is -0.741. The Morgan fingerprint density at radius 2 is 1.58 bits per heavy atom. The molecule has 2 atom stereocenters. The predicted molar refractivity (Wildman–Crippen MR) is 123 cm³/mol. The molecule has 31 heavy (non-hydrogen) atoms. The molecule has 2 aromatic carbocycles. The third-order valence-corrected chi connectivity index (χ3v) is 6.29. The zero-order valence-electron chi connectivity index (χ0n) is 17.9. The van der Waals surface area contributed by atoms with E-state index in [-0.39, 0.29) is 24.0 Å². The van der Waals surface area contributed by atoms with Gasteiger partial charge in [0.15, 0.2) is 0 Å². The number of rotatable bonds is 3. The third kappa shape index (κ3) is 3.98. The normalized spacial score (nSPS) is 22.0. The molecule has 2 aliphatic heterocycles. The van der Waals surface area contributed by atoms with E-state index in [1.165, 1.54) is 4.90 Å². The summed E-state index contributed by atoms with van der Waals surface area (Å²) in [7, 11) is 0. The second kappa shape index (κ2) is 8.30. The molecule has 2 unspecified atom stereocenters. The molecule has 0 saturated carbocycles. The molecule has 2 aliphatic rings. The zero-order chi connectivity index (χ0) is 22.4. The van der Waals surface area contributed by atoms with E-state index in [0.29, 0.717) is 45.7 Å². The van der Waals surface area contributed by atoms with Gasteiger partial charge in [0.1, 0.15) is 5.70 Å². The van der Waals surface area contributed by atoms with Crippen LogP contribution in [0.4, 0.5) is 5.69 Å². The molecule has 0 aromatic heterocycles.